The first-order valence-corrected chi connectivity index (χ1v) is 10.7. The van der Waals surface area contributed by atoms with Crippen LogP contribution in [0.3, 0.4) is 0 Å². The number of aromatic nitrogens is 1. The number of hydrogen-bond donors (Lipinski definition) is 1. The summed E-state index contributed by atoms with van der Waals surface area (Å²) in [4.78, 5) is 36.1. The molecule has 0 amide bonds. The number of aromatic carboxylic acids is 1. The van der Waals surface area contributed by atoms with Gasteiger partial charge in [0.25, 0.3) is 0 Å². The van der Waals surface area contributed by atoms with Crippen LogP contribution in [0.25, 0.3) is 0 Å². The van der Waals surface area contributed by atoms with Crippen LogP contribution >= 0.6 is 48.0 Å². The highest BCUT2D eigenvalue weighted by molar-refractivity contribution is 7.89. The number of likely N-dealkylation sites (N-methyl/N-ethyl adjacent to an activating group) is 1. The molecule has 178 valence electrons. The van der Waals surface area contributed by atoms with Crippen molar-refractivity contribution in [2.45, 2.75) is 18.7 Å². The van der Waals surface area contributed by atoms with Crippen molar-refractivity contribution in [2.24, 2.45) is 0 Å². The molecule has 1 N–H and O–H groups in total. The van der Waals surface area contributed by atoms with Gasteiger partial charge in [-0.2, -0.15) is 4.31 Å². The zero-order valence-electron chi connectivity index (χ0n) is 16.6. The molecule has 0 aromatic carbocycles. The number of carboxylic acids is 1. The quantitative estimate of drug-likeness (QED) is 0.404. The van der Waals surface area contributed by atoms with E-state index in [1.165, 1.54) is 4.31 Å². The number of pyridine rings is 1. The molecule has 0 atom stereocenters. The lowest BCUT2D eigenvalue weighted by Gasteiger charge is -2.33. The number of piperazine rings is 1. The number of carboxylic acid groups (broad SMARTS) is 1. The smallest absolute Gasteiger partial charge is 0.341 e. The number of nitrogens with zero attached hydrogens (tertiary/aromatic N) is 3. The highest BCUT2D eigenvalue weighted by atomic mass is 35.5. The molecule has 0 aliphatic carbocycles. The average molecular weight is 543 g/mol. The van der Waals surface area contributed by atoms with E-state index in [9.17, 15) is 27.9 Å². The summed E-state index contributed by atoms with van der Waals surface area (Å²) in [5.41, 5.74) is -0.250. The number of sulfonamides is 1. The fourth-order valence-corrected chi connectivity index (χ4v) is 3.81. The molecule has 1 aromatic heterocycles. The summed E-state index contributed by atoms with van der Waals surface area (Å²) in [7, 11) is -3.76. The molecule has 1 aliphatic heterocycles. The second-order valence-corrected chi connectivity index (χ2v) is 8.27. The van der Waals surface area contributed by atoms with Gasteiger partial charge in [-0.25, -0.2) is 18.2 Å². The Balaban J connectivity index is 0. The Morgan fingerprint density at radius 1 is 1.10 bits per heavy atom. The van der Waals surface area contributed by atoms with Crippen molar-refractivity contribution in [3.05, 3.63) is 17.8 Å². The number of halogens is 4. The van der Waals surface area contributed by atoms with E-state index >= 15 is 0 Å². The Kier molecular flexibility index (Phi) is 15.2. The zero-order chi connectivity index (χ0) is 22.2. The zero-order valence-corrected chi connectivity index (χ0v) is 20.6. The van der Waals surface area contributed by atoms with Crippen molar-refractivity contribution < 1.29 is 32.6 Å². The summed E-state index contributed by atoms with van der Waals surface area (Å²) in [5, 5.41) is 6.94. The van der Waals surface area contributed by atoms with E-state index in [4.69, 9.17) is 4.74 Å². The van der Waals surface area contributed by atoms with E-state index in [0.29, 0.717) is 26.2 Å². The van der Waals surface area contributed by atoms with E-state index in [-0.39, 0.29) is 47.8 Å². The van der Waals surface area contributed by atoms with Crippen LogP contribution in [0.5, 0.6) is 5.88 Å². The fourth-order valence-electron chi connectivity index (χ4n) is 2.41. The second kappa shape index (κ2) is 14.8. The van der Waals surface area contributed by atoms with Crippen molar-refractivity contribution in [2.75, 3.05) is 39.3 Å². The molecule has 31 heavy (non-hydrogen) atoms. The molecule has 10 nitrogen and oxygen atoms in total. The van der Waals surface area contributed by atoms with Gasteiger partial charge in [0.2, 0.25) is 15.9 Å². The minimum Gasteiger partial charge on any atom is -0.477 e. The Morgan fingerprint density at radius 2 is 1.61 bits per heavy atom. The van der Waals surface area contributed by atoms with Gasteiger partial charge in [0, 0.05) is 26.2 Å². The number of carbonyl (C=O) groups excluding carboxylic acids is 2. The molecule has 1 aromatic rings. The maximum absolute atomic E-state index is 12.7. The third-order valence-electron chi connectivity index (χ3n) is 3.91. The third kappa shape index (κ3) is 9.44. The van der Waals surface area contributed by atoms with Gasteiger partial charge in [-0.3, -0.25) is 9.59 Å². The molecule has 0 bridgehead atoms. The molecule has 2 heterocycles. The summed E-state index contributed by atoms with van der Waals surface area (Å²) < 4.78 is 31.8. The molecule has 1 saturated heterocycles. The normalized spacial score (nSPS) is 14.2. The highest BCUT2D eigenvalue weighted by Crippen LogP contribution is 2.23. The monoisotopic (exact) mass is 541 g/mol. The SMILES string of the molecule is CCOc1ncc(S(=O)(=O)N2CCN(CC)CC2)cc1C(=O)O.Cl.Cl.O=C(Cl)C(=O)Cl. The second-order valence-electron chi connectivity index (χ2n) is 5.65. The predicted molar refractivity (Wildman–Crippen MR) is 119 cm³/mol. The first kappa shape index (κ1) is 32.0. The Bertz CT molecular complexity index is 851. The number of carbonyl (C=O) groups is 3. The minimum atomic E-state index is -3.76. The Hall–Kier alpha value is -1.21. The molecule has 0 unspecified atom stereocenters. The average Bonchev–Trinajstić information content (AvgIpc) is 2.68. The molecule has 15 heteroatoms. The third-order valence-corrected chi connectivity index (χ3v) is 6.21. The van der Waals surface area contributed by atoms with E-state index in [2.05, 4.69) is 33.1 Å². The van der Waals surface area contributed by atoms with E-state index in [0.717, 1.165) is 18.8 Å². The van der Waals surface area contributed by atoms with Gasteiger partial charge >= 0.3 is 16.5 Å². The van der Waals surface area contributed by atoms with E-state index in [1.54, 1.807) is 6.92 Å². The van der Waals surface area contributed by atoms with Crippen LogP contribution in [-0.4, -0.2) is 83.5 Å². The van der Waals surface area contributed by atoms with Gasteiger partial charge in [-0.05, 0) is 42.7 Å². The molecule has 0 radical (unpaired) electrons. The highest BCUT2D eigenvalue weighted by Gasteiger charge is 2.29. The van der Waals surface area contributed by atoms with Crippen LogP contribution in [0.15, 0.2) is 17.2 Å². The van der Waals surface area contributed by atoms with E-state index < -0.39 is 26.5 Å². The molecule has 1 fully saturated rings. The molecule has 0 saturated carbocycles. The Morgan fingerprint density at radius 3 is 2.00 bits per heavy atom. The lowest BCUT2D eigenvalue weighted by atomic mass is 10.3. The Labute approximate surface area is 202 Å². The summed E-state index contributed by atoms with van der Waals surface area (Å²) in [6, 6.07) is 1.11. The van der Waals surface area contributed by atoms with Crippen LogP contribution < -0.4 is 4.74 Å². The number of rotatable bonds is 7. The van der Waals surface area contributed by atoms with Crippen molar-refractivity contribution >= 4 is 74.5 Å². The maximum atomic E-state index is 12.7. The van der Waals surface area contributed by atoms with Crippen LogP contribution in [-0.2, 0) is 19.6 Å². The van der Waals surface area contributed by atoms with Crippen LogP contribution in [0.2, 0.25) is 0 Å². The largest absolute Gasteiger partial charge is 0.477 e. The predicted octanol–water partition coefficient (Wildman–Crippen LogP) is 1.87. The topological polar surface area (TPSA) is 134 Å². The number of hydrogen-bond acceptors (Lipinski definition) is 8. The van der Waals surface area contributed by atoms with Crippen LogP contribution in [0.1, 0.15) is 24.2 Å². The van der Waals surface area contributed by atoms with Crippen LogP contribution in [0.4, 0.5) is 0 Å². The lowest BCUT2D eigenvalue weighted by molar-refractivity contribution is -0.127. The first-order valence-electron chi connectivity index (χ1n) is 8.52. The van der Waals surface area contributed by atoms with Crippen molar-refractivity contribution in [1.82, 2.24) is 14.2 Å². The van der Waals surface area contributed by atoms with Gasteiger partial charge in [-0.1, -0.05) is 6.92 Å². The van der Waals surface area contributed by atoms with Gasteiger partial charge in [-0.15, -0.1) is 24.8 Å². The molecule has 2 rings (SSSR count). The summed E-state index contributed by atoms with van der Waals surface area (Å²) in [6.45, 7) is 6.93. The fraction of sp³-hybridized carbons (Fsp3) is 0.500. The van der Waals surface area contributed by atoms with Crippen molar-refractivity contribution in [3.63, 3.8) is 0 Å². The lowest BCUT2D eigenvalue weighted by Crippen LogP contribution is -2.48. The first-order chi connectivity index (χ1) is 13.5. The molecule has 0 spiro atoms. The standard InChI is InChI=1S/C14H21N3O5S.C2Cl2O2.2ClH/c1-3-16-5-7-17(8-6-16)23(20,21)11-9-12(14(18)19)13(15-10-11)22-4-2;3-1(5)2(4)6;;/h9-10H,3-8H2,1-2H3,(H,18,19);;2*1H. The molecular weight excluding hydrogens is 520 g/mol. The summed E-state index contributed by atoms with van der Waals surface area (Å²) in [6.07, 6.45) is 1.15. The minimum absolute atomic E-state index is 0. The summed E-state index contributed by atoms with van der Waals surface area (Å²) >= 11 is 8.98. The van der Waals surface area contributed by atoms with Gasteiger partial charge in [0.05, 0.1) is 12.8 Å². The van der Waals surface area contributed by atoms with E-state index in [1.807, 2.05) is 6.92 Å². The van der Waals surface area contributed by atoms with Gasteiger partial charge < -0.3 is 14.7 Å². The van der Waals surface area contributed by atoms with Gasteiger partial charge in [0.15, 0.2) is 0 Å². The van der Waals surface area contributed by atoms with Crippen LogP contribution in [0, 0.1) is 0 Å². The maximum Gasteiger partial charge on any atom is 0.341 e. The molecule has 1 aliphatic rings. The number of ether oxygens (including phenoxy) is 1. The van der Waals surface area contributed by atoms with Crippen molar-refractivity contribution in [3.8, 4) is 5.88 Å². The van der Waals surface area contributed by atoms with Crippen molar-refractivity contribution in [1.29, 1.82) is 0 Å². The van der Waals surface area contributed by atoms with Gasteiger partial charge in [0.1, 0.15) is 10.5 Å². The summed E-state index contributed by atoms with van der Waals surface area (Å²) in [5.74, 6) is -1.34. The molecular formula is C16H23Cl4N3O7S.